The SMILES string of the molecule is Cc1cccc(C)c1OCc1nc2c(s1)CCN2. The molecular weight excluding hydrogens is 244 g/mol. The summed E-state index contributed by atoms with van der Waals surface area (Å²) in [4.78, 5) is 5.90. The zero-order valence-corrected chi connectivity index (χ0v) is 11.4. The van der Waals surface area contributed by atoms with E-state index in [0.29, 0.717) is 6.61 Å². The van der Waals surface area contributed by atoms with Gasteiger partial charge in [-0.3, -0.25) is 0 Å². The van der Waals surface area contributed by atoms with Crippen molar-refractivity contribution in [1.82, 2.24) is 4.98 Å². The van der Waals surface area contributed by atoms with Gasteiger partial charge in [0.05, 0.1) is 4.88 Å². The lowest BCUT2D eigenvalue weighted by Gasteiger charge is -2.10. The van der Waals surface area contributed by atoms with Crippen LogP contribution < -0.4 is 10.1 Å². The van der Waals surface area contributed by atoms with Gasteiger partial charge in [0.2, 0.25) is 0 Å². The number of hydrogen-bond acceptors (Lipinski definition) is 4. The van der Waals surface area contributed by atoms with Crippen LogP contribution >= 0.6 is 11.3 Å². The van der Waals surface area contributed by atoms with E-state index in [2.05, 4.69) is 42.3 Å². The van der Waals surface area contributed by atoms with E-state index in [4.69, 9.17) is 4.74 Å². The topological polar surface area (TPSA) is 34.1 Å². The van der Waals surface area contributed by atoms with Crippen LogP contribution in [0.5, 0.6) is 5.75 Å². The van der Waals surface area contributed by atoms with E-state index >= 15 is 0 Å². The summed E-state index contributed by atoms with van der Waals surface area (Å²) in [6.45, 7) is 5.73. The van der Waals surface area contributed by atoms with Crippen molar-refractivity contribution in [2.45, 2.75) is 26.9 Å². The van der Waals surface area contributed by atoms with Crippen molar-refractivity contribution in [2.75, 3.05) is 11.9 Å². The zero-order valence-electron chi connectivity index (χ0n) is 10.6. The lowest BCUT2D eigenvalue weighted by Crippen LogP contribution is -2.00. The third kappa shape index (κ3) is 2.08. The monoisotopic (exact) mass is 260 g/mol. The average Bonchev–Trinajstić information content (AvgIpc) is 2.88. The van der Waals surface area contributed by atoms with Crippen LogP contribution in [0, 0.1) is 13.8 Å². The van der Waals surface area contributed by atoms with Gasteiger partial charge in [0.15, 0.2) is 0 Å². The number of benzene rings is 1. The minimum atomic E-state index is 0.561. The molecular formula is C14H16N2OS. The van der Waals surface area contributed by atoms with Gasteiger partial charge < -0.3 is 10.1 Å². The van der Waals surface area contributed by atoms with Gasteiger partial charge in [-0.25, -0.2) is 4.98 Å². The van der Waals surface area contributed by atoms with Crippen molar-refractivity contribution in [3.8, 4) is 5.75 Å². The Hall–Kier alpha value is -1.55. The first-order valence-corrected chi connectivity index (χ1v) is 6.97. The number of ether oxygens (including phenoxy) is 1. The molecule has 1 aliphatic rings. The molecule has 0 fully saturated rings. The van der Waals surface area contributed by atoms with Crippen LogP contribution in [0.1, 0.15) is 21.0 Å². The van der Waals surface area contributed by atoms with Crippen LogP contribution in [0.25, 0.3) is 0 Å². The van der Waals surface area contributed by atoms with E-state index in [-0.39, 0.29) is 0 Å². The summed E-state index contributed by atoms with van der Waals surface area (Å²) < 4.78 is 5.91. The highest BCUT2D eigenvalue weighted by molar-refractivity contribution is 7.12. The fraction of sp³-hybridized carbons (Fsp3) is 0.357. The lowest BCUT2D eigenvalue weighted by atomic mass is 10.1. The van der Waals surface area contributed by atoms with Crippen LogP contribution in [-0.4, -0.2) is 11.5 Å². The maximum atomic E-state index is 5.91. The highest BCUT2D eigenvalue weighted by atomic mass is 32.1. The molecule has 1 aromatic heterocycles. The first kappa shape index (κ1) is 11.5. The molecule has 0 atom stereocenters. The predicted octanol–water partition coefficient (Wildman–Crippen LogP) is 3.31. The third-order valence-corrected chi connectivity index (χ3v) is 4.22. The summed E-state index contributed by atoms with van der Waals surface area (Å²) in [6.07, 6.45) is 1.09. The van der Waals surface area contributed by atoms with Gasteiger partial charge in [0.25, 0.3) is 0 Å². The molecule has 1 aliphatic heterocycles. The van der Waals surface area contributed by atoms with Crippen molar-refractivity contribution in [2.24, 2.45) is 0 Å². The number of para-hydroxylation sites is 1. The molecule has 94 valence electrons. The zero-order chi connectivity index (χ0) is 12.5. The summed E-state index contributed by atoms with van der Waals surface area (Å²) in [6, 6.07) is 6.21. The molecule has 18 heavy (non-hydrogen) atoms. The number of hydrogen-bond donors (Lipinski definition) is 1. The molecule has 2 heterocycles. The van der Waals surface area contributed by atoms with Crippen LogP contribution in [0.4, 0.5) is 5.82 Å². The molecule has 0 bridgehead atoms. The second kappa shape index (κ2) is 4.61. The van der Waals surface area contributed by atoms with E-state index in [0.717, 1.165) is 29.5 Å². The number of thiazole rings is 1. The first-order valence-electron chi connectivity index (χ1n) is 6.15. The number of anilines is 1. The molecule has 1 N–H and O–H groups in total. The molecule has 0 saturated carbocycles. The fourth-order valence-corrected chi connectivity index (χ4v) is 3.18. The van der Waals surface area contributed by atoms with Gasteiger partial charge >= 0.3 is 0 Å². The number of rotatable bonds is 3. The summed E-state index contributed by atoms with van der Waals surface area (Å²) in [7, 11) is 0. The fourth-order valence-electron chi connectivity index (χ4n) is 2.22. The van der Waals surface area contributed by atoms with Crippen molar-refractivity contribution in [1.29, 1.82) is 0 Å². The lowest BCUT2D eigenvalue weighted by molar-refractivity contribution is 0.301. The van der Waals surface area contributed by atoms with E-state index < -0.39 is 0 Å². The second-order valence-electron chi connectivity index (χ2n) is 4.57. The number of aromatic nitrogens is 1. The average molecular weight is 260 g/mol. The van der Waals surface area contributed by atoms with E-state index in [1.165, 1.54) is 16.0 Å². The van der Waals surface area contributed by atoms with Gasteiger partial charge in [-0.05, 0) is 25.0 Å². The molecule has 2 aromatic rings. The van der Waals surface area contributed by atoms with Crippen molar-refractivity contribution < 1.29 is 4.74 Å². The normalized spacial score (nSPS) is 13.2. The molecule has 0 aliphatic carbocycles. The maximum absolute atomic E-state index is 5.91. The minimum Gasteiger partial charge on any atom is -0.486 e. The molecule has 4 heteroatoms. The van der Waals surface area contributed by atoms with Crippen molar-refractivity contribution >= 4 is 17.2 Å². The van der Waals surface area contributed by atoms with Gasteiger partial charge in [0.1, 0.15) is 23.2 Å². The Balaban J connectivity index is 1.74. The smallest absolute Gasteiger partial charge is 0.140 e. The van der Waals surface area contributed by atoms with Crippen LogP contribution in [0.2, 0.25) is 0 Å². The van der Waals surface area contributed by atoms with Crippen molar-refractivity contribution in [3.63, 3.8) is 0 Å². The Morgan fingerprint density at radius 1 is 1.33 bits per heavy atom. The number of nitrogens with zero attached hydrogens (tertiary/aromatic N) is 1. The van der Waals surface area contributed by atoms with E-state index in [1.807, 2.05) is 0 Å². The van der Waals surface area contributed by atoms with Crippen LogP contribution in [0.15, 0.2) is 18.2 Å². The molecule has 1 aromatic carbocycles. The largest absolute Gasteiger partial charge is 0.486 e. The quantitative estimate of drug-likeness (QED) is 0.919. The van der Waals surface area contributed by atoms with Crippen LogP contribution in [-0.2, 0) is 13.0 Å². The van der Waals surface area contributed by atoms with Gasteiger partial charge in [0, 0.05) is 13.0 Å². The Morgan fingerprint density at radius 2 is 2.11 bits per heavy atom. The third-order valence-electron chi connectivity index (χ3n) is 3.13. The molecule has 0 amide bonds. The maximum Gasteiger partial charge on any atom is 0.140 e. The summed E-state index contributed by atoms with van der Waals surface area (Å²) in [5, 5.41) is 4.34. The van der Waals surface area contributed by atoms with E-state index in [1.54, 1.807) is 11.3 Å². The second-order valence-corrected chi connectivity index (χ2v) is 5.73. The van der Waals surface area contributed by atoms with E-state index in [9.17, 15) is 0 Å². The van der Waals surface area contributed by atoms with Crippen LogP contribution in [0.3, 0.4) is 0 Å². The summed E-state index contributed by atoms with van der Waals surface area (Å²) >= 11 is 1.75. The molecule has 3 rings (SSSR count). The van der Waals surface area contributed by atoms with Crippen molar-refractivity contribution in [3.05, 3.63) is 39.2 Å². The van der Waals surface area contributed by atoms with Gasteiger partial charge in [-0.15, -0.1) is 11.3 Å². The molecule has 0 unspecified atom stereocenters. The molecule has 0 spiro atoms. The Kier molecular flexibility index (Phi) is 2.96. The summed E-state index contributed by atoms with van der Waals surface area (Å²) in [5.41, 5.74) is 2.36. The molecule has 0 radical (unpaired) electrons. The predicted molar refractivity (Wildman–Crippen MR) is 74.6 cm³/mol. The minimum absolute atomic E-state index is 0.561. The van der Waals surface area contributed by atoms with Gasteiger partial charge in [-0.1, -0.05) is 18.2 Å². The number of aryl methyl sites for hydroxylation is 2. The first-order chi connectivity index (χ1) is 8.74. The van der Waals surface area contributed by atoms with Gasteiger partial charge in [-0.2, -0.15) is 0 Å². The number of nitrogens with one attached hydrogen (secondary N) is 1. The molecule has 3 nitrogen and oxygen atoms in total. The molecule has 0 saturated heterocycles. The Morgan fingerprint density at radius 3 is 2.83 bits per heavy atom. The standard InChI is InChI=1S/C14H16N2OS/c1-9-4-3-5-10(2)13(9)17-8-12-16-14-11(18-12)6-7-15-14/h3-5,15H,6-8H2,1-2H3. The Bertz CT molecular complexity index is 535. The highest BCUT2D eigenvalue weighted by Crippen LogP contribution is 2.29. The Labute approximate surface area is 111 Å². The summed E-state index contributed by atoms with van der Waals surface area (Å²) in [5.74, 6) is 2.04. The number of fused-ring (bicyclic) bond motifs is 1. The highest BCUT2D eigenvalue weighted by Gasteiger charge is 2.16.